The monoisotopic (exact) mass is 327 g/mol. The minimum absolute atomic E-state index is 0.621. The topological polar surface area (TPSA) is 37.8 Å². The van der Waals surface area contributed by atoms with Crippen molar-refractivity contribution < 1.29 is 0 Å². The van der Waals surface area contributed by atoms with Crippen LogP contribution in [0.25, 0.3) is 10.6 Å². The highest BCUT2D eigenvalue weighted by Crippen LogP contribution is 2.32. The van der Waals surface area contributed by atoms with Crippen LogP contribution in [0.1, 0.15) is 24.3 Å². The van der Waals surface area contributed by atoms with E-state index in [9.17, 15) is 0 Å². The summed E-state index contributed by atoms with van der Waals surface area (Å²) < 4.78 is 0. The largest absolute Gasteiger partial charge is 0.314 e. The Bertz CT molecular complexity index is 596. The van der Waals surface area contributed by atoms with Gasteiger partial charge in [0.25, 0.3) is 0 Å². The number of benzene rings is 1. The third-order valence-corrected chi connectivity index (χ3v) is 4.77. The molecule has 1 heterocycles. The molecular formula is C14H15Cl2N3S. The predicted molar refractivity (Wildman–Crippen MR) is 84.7 cm³/mol. The molecule has 1 saturated carbocycles. The van der Waals surface area contributed by atoms with E-state index in [0.29, 0.717) is 10.0 Å². The minimum Gasteiger partial charge on any atom is -0.314 e. The van der Waals surface area contributed by atoms with Crippen LogP contribution in [0.15, 0.2) is 18.2 Å². The normalized spacial score (nSPS) is 14.7. The standard InChI is InChI=1S/C14H15Cl2N3S/c15-9-3-6-11(12(16)8-9)14-19-18-13(20-14)2-1-7-17-10-4-5-10/h3,6,8,10,17H,1-2,4-5,7H2. The zero-order chi connectivity index (χ0) is 13.9. The van der Waals surface area contributed by atoms with Gasteiger partial charge in [0, 0.05) is 23.0 Å². The van der Waals surface area contributed by atoms with Gasteiger partial charge in [-0.25, -0.2) is 0 Å². The van der Waals surface area contributed by atoms with Crippen molar-refractivity contribution in [3.8, 4) is 10.6 Å². The number of nitrogens with zero attached hydrogens (tertiary/aromatic N) is 2. The Morgan fingerprint density at radius 1 is 1.25 bits per heavy atom. The van der Waals surface area contributed by atoms with Crippen LogP contribution in [0, 0.1) is 0 Å². The molecule has 1 aliphatic rings. The molecule has 0 amide bonds. The van der Waals surface area contributed by atoms with Crippen LogP contribution in [-0.2, 0) is 6.42 Å². The van der Waals surface area contributed by atoms with Gasteiger partial charge in [-0.05, 0) is 44.0 Å². The molecule has 0 atom stereocenters. The van der Waals surface area contributed by atoms with Gasteiger partial charge in [0.2, 0.25) is 0 Å². The first kappa shape index (κ1) is 14.3. The third-order valence-electron chi connectivity index (χ3n) is 3.21. The number of hydrogen-bond donors (Lipinski definition) is 1. The molecule has 1 aromatic heterocycles. The van der Waals surface area contributed by atoms with E-state index in [2.05, 4.69) is 15.5 Å². The first-order valence-corrected chi connectivity index (χ1v) is 8.31. The Morgan fingerprint density at radius 2 is 2.10 bits per heavy atom. The third kappa shape index (κ3) is 3.70. The number of aryl methyl sites for hydroxylation is 1. The second-order valence-electron chi connectivity index (χ2n) is 4.96. The molecule has 1 aromatic carbocycles. The van der Waals surface area contributed by atoms with E-state index in [-0.39, 0.29) is 0 Å². The Labute approximate surface area is 132 Å². The molecule has 106 valence electrons. The van der Waals surface area contributed by atoms with E-state index < -0.39 is 0 Å². The highest BCUT2D eigenvalue weighted by molar-refractivity contribution is 7.14. The van der Waals surface area contributed by atoms with E-state index in [1.165, 1.54) is 12.8 Å². The molecule has 0 radical (unpaired) electrons. The summed E-state index contributed by atoms with van der Waals surface area (Å²) >= 11 is 13.7. The van der Waals surface area contributed by atoms with Gasteiger partial charge in [-0.1, -0.05) is 34.5 Å². The van der Waals surface area contributed by atoms with Crippen molar-refractivity contribution in [2.45, 2.75) is 31.7 Å². The molecule has 1 fully saturated rings. The summed E-state index contributed by atoms with van der Waals surface area (Å²) in [4.78, 5) is 0. The molecule has 1 aliphatic carbocycles. The molecule has 3 rings (SSSR count). The van der Waals surface area contributed by atoms with Crippen LogP contribution < -0.4 is 5.32 Å². The maximum Gasteiger partial charge on any atom is 0.149 e. The van der Waals surface area contributed by atoms with Gasteiger partial charge >= 0.3 is 0 Å². The summed E-state index contributed by atoms with van der Waals surface area (Å²) in [6.45, 7) is 1.06. The van der Waals surface area contributed by atoms with Crippen molar-refractivity contribution in [3.05, 3.63) is 33.3 Å². The Kier molecular flexibility index (Phi) is 4.56. The summed E-state index contributed by atoms with van der Waals surface area (Å²) in [5, 5.41) is 15.1. The highest BCUT2D eigenvalue weighted by Gasteiger charge is 2.19. The van der Waals surface area contributed by atoms with Crippen molar-refractivity contribution in [2.24, 2.45) is 0 Å². The van der Waals surface area contributed by atoms with Crippen molar-refractivity contribution >= 4 is 34.5 Å². The SMILES string of the molecule is Clc1ccc(-c2nnc(CCCNC3CC3)s2)c(Cl)c1. The van der Waals surface area contributed by atoms with E-state index in [1.807, 2.05) is 12.1 Å². The molecular weight excluding hydrogens is 313 g/mol. The van der Waals surface area contributed by atoms with Crippen molar-refractivity contribution in [2.75, 3.05) is 6.54 Å². The lowest BCUT2D eigenvalue weighted by atomic mass is 10.2. The highest BCUT2D eigenvalue weighted by atomic mass is 35.5. The number of nitrogens with one attached hydrogen (secondary N) is 1. The average Bonchev–Trinajstić information content (AvgIpc) is 3.13. The smallest absolute Gasteiger partial charge is 0.149 e. The number of hydrogen-bond acceptors (Lipinski definition) is 4. The lowest BCUT2D eigenvalue weighted by molar-refractivity contribution is 0.643. The van der Waals surface area contributed by atoms with Crippen molar-refractivity contribution in [3.63, 3.8) is 0 Å². The van der Waals surface area contributed by atoms with Gasteiger partial charge in [-0.2, -0.15) is 0 Å². The summed E-state index contributed by atoms with van der Waals surface area (Å²) in [6.07, 6.45) is 4.72. The van der Waals surface area contributed by atoms with Gasteiger partial charge in [0.05, 0.1) is 5.02 Å². The molecule has 0 spiro atoms. The maximum absolute atomic E-state index is 6.19. The Balaban J connectivity index is 1.60. The summed E-state index contributed by atoms with van der Waals surface area (Å²) in [5.74, 6) is 0. The molecule has 20 heavy (non-hydrogen) atoms. The first-order chi connectivity index (χ1) is 9.72. The van der Waals surface area contributed by atoms with Crippen LogP contribution in [0.4, 0.5) is 0 Å². The fourth-order valence-electron chi connectivity index (χ4n) is 1.96. The first-order valence-electron chi connectivity index (χ1n) is 6.73. The van der Waals surface area contributed by atoms with Gasteiger partial charge in [-0.3, -0.25) is 0 Å². The summed E-state index contributed by atoms with van der Waals surface area (Å²) in [5.41, 5.74) is 0.899. The lowest BCUT2D eigenvalue weighted by Crippen LogP contribution is -2.17. The van der Waals surface area contributed by atoms with Gasteiger partial charge < -0.3 is 5.32 Å². The van der Waals surface area contributed by atoms with Crippen molar-refractivity contribution in [1.82, 2.24) is 15.5 Å². The molecule has 0 aliphatic heterocycles. The maximum atomic E-state index is 6.19. The molecule has 6 heteroatoms. The van der Waals surface area contributed by atoms with E-state index >= 15 is 0 Å². The van der Waals surface area contributed by atoms with Crippen LogP contribution in [0.3, 0.4) is 0 Å². The Hall–Kier alpha value is -0.680. The van der Waals surface area contributed by atoms with E-state index in [1.54, 1.807) is 17.4 Å². The predicted octanol–water partition coefficient (Wildman–Crippen LogP) is 4.20. The quantitative estimate of drug-likeness (QED) is 0.808. The van der Waals surface area contributed by atoms with Gasteiger partial charge in [-0.15, -0.1) is 10.2 Å². The second-order valence-corrected chi connectivity index (χ2v) is 6.86. The molecule has 0 unspecified atom stereocenters. The molecule has 0 saturated heterocycles. The molecule has 0 bridgehead atoms. The summed E-state index contributed by atoms with van der Waals surface area (Å²) in [7, 11) is 0. The number of rotatable bonds is 6. The number of halogens is 2. The van der Waals surface area contributed by atoms with Gasteiger partial charge in [0.1, 0.15) is 10.0 Å². The zero-order valence-electron chi connectivity index (χ0n) is 10.9. The van der Waals surface area contributed by atoms with Crippen LogP contribution >= 0.6 is 34.5 Å². The number of aromatic nitrogens is 2. The molecule has 2 aromatic rings. The summed E-state index contributed by atoms with van der Waals surface area (Å²) in [6, 6.07) is 6.22. The minimum atomic E-state index is 0.621. The van der Waals surface area contributed by atoms with E-state index in [0.717, 1.165) is 41.0 Å². The van der Waals surface area contributed by atoms with Crippen LogP contribution in [0.5, 0.6) is 0 Å². The average molecular weight is 328 g/mol. The van der Waals surface area contributed by atoms with Crippen LogP contribution in [0.2, 0.25) is 10.0 Å². The second kappa shape index (κ2) is 6.39. The zero-order valence-corrected chi connectivity index (χ0v) is 13.2. The van der Waals surface area contributed by atoms with Crippen LogP contribution in [-0.4, -0.2) is 22.8 Å². The Morgan fingerprint density at radius 3 is 2.85 bits per heavy atom. The van der Waals surface area contributed by atoms with E-state index in [4.69, 9.17) is 23.2 Å². The fraction of sp³-hybridized carbons (Fsp3) is 0.429. The lowest BCUT2D eigenvalue weighted by Gasteiger charge is -2.00. The molecule has 1 N–H and O–H groups in total. The van der Waals surface area contributed by atoms with Gasteiger partial charge in [0.15, 0.2) is 0 Å². The fourth-order valence-corrected chi connectivity index (χ4v) is 3.43. The van der Waals surface area contributed by atoms with Crippen molar-refractivity contribution in [1.29, 1.82) is 0 Å². The molecule has 3 nitrogen and oxygen atoms in total.